The molecule has 0 unspecified atom stereocenters. The highest BCUT2D eigenvalue weighted by atomic mass is 16.4. The summed E-state index contributed by atoms with van der Waals surface area (Å²) in [6, 6.07) is -5.14. The van der Waals surface area contributed by atoms with Gasteiger partial charge in [-0.3, -0.25) is 19.2 Å². The predicted octanol–water partition coefficient (Wildman–Crippen LogP) is -3.21. The SMILES string of the molecule is N[C@H](CC(=O)N[C@@H](CC(=O)N[C@H](CC(=O)O)C(=O)O)C(=O)O)C(=O)O. The second-order valence-electron chi connectivity index (χ2n) is 4.87. The minimum absolute atomic E-state index is 0.739. The Bertz CT molecular complexity index is 575. The minimum Gasteiger partial charge on any atom is -0.481 e. The first-order valence-corrected chi connectivity index (χ1v) is 6.68. The van der Waals surface area contributed by atoms with Gasteiger partial charge in [0, 0.05) is 0 Å². The van der Waals surface area contributed by atoms with Gasteiger partial charge in [0.15, 0.2) is 0 Å². The monoisotopic (exact) mass is 363 g/mol. The van der Waals surface area contributed by atoms with Crippen LogP contribution in [0.25, 0.3) is 0 Å². The van der Waals surface area contributed by atoms with E-state index in [0.29, 0.717) is 0 Å². The molecule has 0 saturated heterocycles. The van der Waals surface area contributed by atoms with E-state index in [2.05, 4.69) is 0 Å². The van der Waals surface area contributed by atoms with Crippen molar-refractivity contribution in [1.82, 2.24) is 10.6 Å². The summed E-state index contributed by atoms with van der Waals surface area (Å²) >= 11 is 0. The molecule has 140 valence electrons. The van der Waals surface area contributed by atoms with Crippen molar-refractivity contribution in [2.24, 2.45) is 5.73 Å². The highest BCUT2D eigenvalue weighted by molar-refractivity contribution is 5.92. The number of hydrogen-bond donors (Lipinski definition) is 7. The Balaban J connectivity index is 4.79. The fourth-order valence-electron chi connectivity index (χ4n) is 1.55. The van der Waals surface area contributed by atoms with E-state index in [4.69, 9.17) is 26.2 Å². The van der Waals surface area contributed by atoms with Gasteiger partial charge in [-0.25, -0.2) is 9.59 Å². The second kappa shape index (κ2) is 9.82. The molecule has 8 N–H and O–H groups in total. The van der Waals surface area contributed by atoms with Crippen molar-refractivity contribution in [3.63, 3.8) is 0 Å². The fourth-order valence-corrected chi connectivity index (χ4v) is 1.55. The van der Waals surface area contributed by atoms with Crippen molar-refractivity contribution in [3.05, 3.63) is 0 Å². The number of amides is 2. The molecule has 3 atom stereocenters. The van der Waals surface area contributed by atoms with E-state index in [1.807, 2.05) is 10.6 Å². The molecule has 0 rings (SSSR count). The third kappa shape index (κ3) is 8.85. The van der Waals surface area contributed by atoms with Crippen molar-refractivity contribution in [2.75, 3.05) is 0 Å². The molecular formula is C12H17N3O10. The minimum atomic E-state index is -1.78. The number of carbonyl (C=O) groups is 6. The Labute approximate surface area is 139 Å². The number of hydrogen-bond acceptors (Lipinski definition) is 7. The highest BCUT2D eigenvalue weighted by Crippen LogP contribution is 1.99. The van der Waals surface area contributed by atoms with Crippen LogP contribution in [0.5, 0.6) is 0 Å². The normalized spacial score (nSPS) is 13.8. The van der Waals surface area contributed by atoms with E-state index < -0.39 is 73.1 Å². The first kappa shape index (κ1) is 21.8. The van der Waals surface area contributed by atoms with Crippen molar-refractivity contribution >= 4 is 35.7 Å². The Morgan fingerprint density at radius 3 is 1.44 bits per heavy atom. The van der Waals surface area contributed by atoms with Crippen LogP contribution in [0.2, 0.25) is 0 Å². The lowest BCUT2D eigenvalue weighted by molar-refractivity contribution is -0.148. The molecule has 25 heavy (non-hydrogen) atoms. The number of nitrogens with two attached hydrogens (primary N) is 1. The summed E-state index contributed by atoms with van der Waals surface area (Å²) in [7, 11) is 0. The molecule has 0 heterocycles. The van der Waals surface area contributed by atoms with Crippen LogP contribution in [0.15, 0.2) is 0 Å². The number of carboxylic acid groups (broad SMARTS) is 4. The summed E-state index contributed by atoms with van der Waals surface area (Å²) in [6.45, 7) is 0. The van der Waals surface area contributed by atoms with Gasteiger partial charge in [0.05, 0.1) is 19.3 Å². The van der Waals surface area contributed by atoms with Gasteiger partial charge in [-0.1, -0.05) is 0 Å². The van der Waals surface area contributed by atoms with Gasteiger partial charge < -0.3 is 36.8 Å². The third-order valence-electron chi connectivity index (χ3n) is 2.76. The molecule has 0 radical (unpaired) electrons. The molecule has 0 fully saturated rings. The lowest BCUT2D eigenvalue weighted by Gasteiger charge is -2.17. The highest BCUT2D eigenvalue weighted by Gasteiger charge is 2.28. The molecule has 0 aromatic heterocycles. The lowest BCUT2D eigenvalue weighted by atomic mass is 10.1. The molecule has 0 aliphatic heterocycles. The van der Waals surface area contributed by atoms with E-state index in [0.717, 1.165) is 0 Å². The van der Waals surface area contributed by atoms with Crippen molar-refractivity contribution in [2.45, 2.75) is 37.4 Å². The summed E-state index contributed by atoms with van der Waals surface area (Å²) in [4.78, 5) is 66.0. The van der Waals surface area contributed by atoms with E-state index in [9.17, 15) is 28.8 Å². The number of carbonyl (C=O) groups excluding carboxylic acids is 2. The maximum Gasteiger partial charge on any atom is 0.326 e. The van der Waals surface area contributed by atoms with Gasteiger partial charge in [0.2, 0.25) is 11.8 Å². The molecule has 0 spiro atoms. The van der Waals surface area contributed by atoms with Gasteiger partial charge in [-0.2, -0.15) is 0 Å². The lowest BCUT2D eigenvalue weighted by Crippen LogP contribution is -2.49. The Kier molecular flexibility index (Phi) is 8.55. The average molecular weight is 363 g/mol. The van der Waals surface area contributed by atoms with Gasteiger partial charge in [-0.05, 0) is 0 Å². The van der Waals surface area contributed by atoms with Crippen LogP contribution in [0.3, 0.4) is 0 Å². The summed E-state index contributed by atoms with van der Waals surface area (Å²) in [5, 5.41) is 38.5. The van der Waals surface area contributed by atoms with Crippen LogP contribution >= 0.6 is 0 Å². The predicted molar refractivity (Wildman–Crippen MR) is 76.2 cm³/mol. The standard InChI is InChI=1S/C12H17N3O10/c13-4(10(20)21)1-7(16)14-5(11(22)23)2-8(17)15-6(12(24)25)3-9(18)19/h4-6H,1-3,13H2,(H,14,16)(H,15,17)(H,18,19)(H,20,21)(H,22,23)(H,24,25)/t4-,5+,6-/m1/s1. The van der Waals surface area contributed by atoms with Crippen molar-refractivity contribution in [1.29, 1.82) is 0 Å². The van der Waals surface area contributed by atoms with Crippen LogP contribution in [0, 0.1) is 0 Å². The van der Waals surface area contributed by atoms with E-state index >= 15 is 0 Å². The number of rotatable bonds is 11. The quantitative estimate of drug-likeness (QED) is 0.193. The molecular weight excluding hydrogens is 346 g/mol. The first-order valence-electron chi connectivity index (χ1n) is 6.68. The van der Waals surface area contributed by atoms with Crippen LogP contribution in [0.4, 0.5) is 0 Å². The fraction of sp³-hybridized carbons (Fsp3) is 0.500. The smallest absolute Gasteiger partial charge is 0.326 e. The third-order valence-corrected chi connectivity index (χ3v) is 2.76. The van der Waals surface area contributed by atoms with E-state index in [1.165, 1.54) is 0 Å². The summed E-state index contributed by atoms with van der Waals surface area (Å²) in [6.07, 6.45) is -2.57. The Morgan fingerprint density at radius 1 is 0.680 bits per heavy atom. The molecule has 0 aromatic carbocycles. The Hall–Kier alpha value is -3.22. The number of aliphatic carboxylic acids is 4. The van der Waals surface area contributed by atoms with E-state index in [-0.39, 0.29) is 0 Å². The molecule has 0 saturated carbocycles. The van der Waals surface area contributed by atoms with Crippen LogP contribution in [-0.4, -0.2) is 74.2 Å². The van der Waals surface area contributed by atoms with Crippen LogP contribution in [-0.2, 0) is 28.8 Å². The molecule has 13 nitrogen and oxygen atoms in total. The zero-order valence-corrected chi connectivity index (χ0v) is 12.7. The maximum atomic E-state index is 11.7. The molecule has 0 bridgehead atoms. The van der Waals surface area contributed by atoms with Gasteiger partial charge in [0.25, 0.3) is 0 Å². The van der Waals surface area contributed by atoms with Crippen LogP contribution in [0.1, 0.15) is 19.3 Å². The summed E-state index contributed by atoms with van der Waals surface area (Å²) in [5.41, 5.74) is 5.11. The topological polar surface area (TPSA) is 233 Å². The van der Waals surface area contributed by atoms with Gasteiger partial charge in [-0.15, -0.1) is 0 Å². The maximum absolute atomic E-state index is 11.7. The Morgan fingerprint density at radius 2 is 1.08 bits per heavy atom. The number of carboxylic acids is 4. The first-order chi connectivity index (χ1) is 11.4. The van der Waals surface area contributed by atoms with Crippen molar-refractivity contribution in [3.8, 4) is 0 Å². The zero-order chi connectivity index (χ0) is 19.7. The zero-order valence-electron chi connectivity index (χ0n) is 12.7. The van der Waals surface area contributed by atoms with Gasteiger partial charge in [0.1, 0.15) is 18.1 Å². The van der Waals surface area contributed by atoms with Crippen molar-refractivity contribution < 1.29 is 49.2 Å². The molecule has 0 aromatic rings. The summed E-state index contributed by atoms with van der Waals surface area (Å²) in [5.74, 6) is -8.45. The number of nitrogens with one attached hydrogen (secondary N) is 2. The van der Waals surface area contributed by atoms with Crippen LogP contribution < -0.4 is 16.4 Å². The van der Waals surface area contributed by atoms with Gasteiger partial charge >= 0.3 is 23.9 Å². The second-order valence-corrected chi connectivity index (χ2v) is 4.87. The molecule has 0 aliphatic carbocycles. The molecule has 0 aliphatic rings. The molecule has 13 heteroatoms. The largest absolute Gasteiger partial charge is 0.481 e. The van der Waals surface area contributed by atoms with E-state index in [1.54, 1.807) is 0 Å². The summed E-state index contributed by atoms with van der Waals surface area (Å²) < 4.78 is 0. The molecule has 2 amide bonds. The average Bonchev–Trinajstić information content (AvgIpc) is 2.44.